The lowest BCUT2D eigenvalue weighted by Crippen LogP contribution is -2.40. The summed E-state index contributed by atoms with van der Waals surface area (Å²) in [6.07, 6.45) is 1.93. The van der Waals surface area contributed by atoms with Crippen LogP contribution in [0.25, 0.3) is 0 Å². The standard InChI is InChI=1S/C19H23ClO/c1-3-19(4-2,16-11-6-5-7-12-16)18(21)14-15-10-8-9-13-17(15)20/h5-13,18,21H,3-4,14H2,1-2H3. The van der Waals surface area contributed by atoms with E-state index in [-0.39, 0.29) is 5.41 Å². The number of aliphatic hydroxyl groups excluding tert-OH is 1. The monoisotopic (exact) mass is 302 g/mol. The Morgan fingerprint density at radius 3 is 2.10 bits per heavy atom. The molecule has 1 unspecified atom stereocenters. The highest BCUT2D eigenvalue weighted by Crippen LogP contribution is 2.37. The van der Waals surface area contributed by atoms with Gasteiger partial charge in [-0.2, -0.15) is 0 Å². The summed E-state index contributed by atoms with van der Waals surface area (Å²) in [5.41, 5.74) is 1.99. The van der Waals surface area contributed by atoms with Crippen molar-refractivity contribution < 1.29 is 5.11 Å². The topological polar surface area (TPSA) is 20.2 Å². The van der Waals surface area contributed by atoms with Crippen molar-refractivity contribution in [1.82, 2.24) is 0 Å². The molecule has 0 aliphatic rings. The first-order valence-corrected chi connectivity index (χ1v) is 7.98. The zero-order valence-corrected chi connectivity index (χ0v) is 13.5. The van der Waals surface area contributed by atoms with Gasteiger partial charge in [-0.3, -0.25) is 0 Å². The van der Waals surface area contributed by atoms with Gasteiger partial charge in [0.25, 0.3) is 0 Å². The van der Waals surface area contributed by atoms with E-state index < -0.39 is 6.10 Å². The number of benzene rings is 2. The van der Waals surface area contributed by atoms with Crippen molar-refractivity contribution in [1.29, 1.82) is 0 Å². The zero-order chi connectivity index (χ0) is 15.3. The van der Waals surface area contributed by atoms with Gasteiger partial charge in [0.2, 0.25) is 0 Å². The van der Waals surface area contributed by atoms with Gasteiger partial charge in [-0.25, -0.2) is 0 Å². The van der Waals surface area contributed by atoms with Crippen LogP contribution >= 0.6 is 11.6 Å². The minimum Gasteiger partial charge on any atom is -0.392 e. The van der Waals surface area contributed by atoms with Gasteiger partial charge in [0.15, 0.2) is 0 Å². The highest BCUT2D eigenvalue weighted by atomic mass is 35.5. The van der Waals surface area contributed by atoms with Crippen molar-refractivity contribution in [3.8, 4) is 0 Å². The van der Waals surface area contributed by atoms with Crippen molar-refractivity contribution in [2.24, 2.45) is 0 Å². The minimum absolute atomic E-state index is 0.222. The third-order valence-electron chi connectivity index (χ3n) is 4.62. The molecule has 1 nitrogen and oxygen atoms in total. The van der Waals surface area contributed by atoms with Gasteiger partial charge in [0.05, 0.1) is 6.10 Å². The lowest BCUT2D eigenvalue weighted by atomic mass is 9.70. The Morgan fingerprint density at radius 1 is 0.952 bits per heavy atom. The van der Waals surface area contributed by atoms with Crippen LogP contribution in [-0.4, -0.2) is 11.2 Å². The molecule has 0 amide bonds. The van der Waals surface area contributed by atoms with E-state index in [0.717, 1.165) is 23.4 Å². The van der Waals surface area contributed by atoms with Gasteiger partial charge in [-0.15, -0.1) is 0 Å². The summed E-state index contributed by atoms with van der Waals surface area (Å²) in [7, 11) is 0. The molecule has 112 valence electrons. The predicted molar refractivity (Wildman–Crippen MR) is 89.9 cm³/mol. The van der Waals surface area contributed by atoms with Crippen LogP contribution in [-0.2, 0) is 11.8 Å². The van der Waals surface area contributed by atoms with E-state index in [1.54, 1.807) is 0 Å². The van der Waals surface area contributed by atoms with Gasteiger partial charge in [-0.05, 0) is 30.0 Å². The molecule has 0 saturated carbocycles. The summed E-state index contributed by atoms with van der Waals surface area (Å²) in [5.74, 6) is 0. The molecular weight excluding hydrogens is 280 g/mol. The summed E-state index contributed by atoms with van der Waals surface area (Å²) >= 11 is 6.24. The quantitative estimate of drug-likeness (QED) is 0.796. The van der Waals surface area contributed by atoms with Gasteiger partial charge in [-0.1, -0.05) is 74.0 Å². The van der Waals surface area contributed by atoms with Crippen LogP contribution < -0.4 is 0 Å². The Labute approximate surface area is 132 Å². The number of aliphatic hydroxyl groups is 1. The highest BCUT2D eigenvalue weighted by Gasteiger charge is 2.36. The second-order valence-corrected chi connectivity index (χ2v) is 5.95. The first-order valence-electron chi connectivity index (χ1n) is 7.61. The van der Waals surface area contributed by atoms with Gasteiger partial charge >= 0.3 is 0 Å². The smallest absolute Gasteiger partial charge is 0.0677 e. The van der Waals surface area contributed by atoms with Gasteiger partial charge in [0, 0.05) is 16.9 Å². The van der Waals surface area contributed by atoms with E-state index in [1.807, 2.05) is 42.5 Å². The molecule has 2 aromatic carbocycles. The minimum atomic E-state index is -0.449. The van der Waals surface area contributed by atoms with Crippen molar-refractivity contribution in [2.45, 2.75) is 44.6 Å². The highest BCUT2D eigenvalue weighted by molar-refractivity contribution is 6.31. The largest absolute Gasteiger partial charge is 0.392 e. The van der Waals surface area contributed by atoms with Crippen LogP contribution in [0.1, 0.15) is 37.8 Å². The van der Waals surface area contributed by atoms with Gasteiger partial charge in [0.1, 0.15) is 0 Å². The van der Waals surface area contributed by atoms with Crippen LogP contribution in [0, 0.1) is 0 Å². The molecule has 0 saturated heterocycles. The van der Waals surface area contributed by atoms with E-state index >= 15 is 0 Å². The normalized spacial score (nSPS) is 13.1. The fourth-order valence-electron chi connectivity index (χ4n) is 3.16. The third kappa shape index (κ3) is 3.30. The summed E-state index contributed by atoms with van der Waals surface area (Å²) in [6, 6.07) is 18.1. The molecule has 0 fully saturated rings. The fourth-order valence-corrected chi connectivity index (χ4v) is 3.37. The third-order valence-corrected chi connectivity index (χ3v) is 4.99. The van der Waals surface area contributed by atoms with Crippen molar-refractivity contribution >= 4 is 11.6 Å². The van der Waals surface area contributed by atoms with Gasteiger partial charge < -0.3 is 5.11 Å². The first-order chi connectivity index (χ1) is 10.1. The zero-order valence-electron chi connectivity index (χ0n) is 12.7. The molecule has 21 heavy (non-hydrogen) atoms. The fraction of sp³-hybridized carbons (Fsp3) is 0.368. The number of halogens is 1. The van der Waals surface area contributed by atoms with Crippen molar-refractivity contribution in [3.63, 3.8) is 0 Å². The number of rotatable bonds is 6. The molecular formula is C19H23ClO. The van der Waals surface area contributed by atoms with Crippen LogP contribution in [0.3, 0.4) is 0 Å². The molecule has 0 aliphatic carbocycles. The van der Waals surface area contributed by atoms with Crippen molar-refractivity contribution in [3.05, 3.63) is 70.7 Å². The number of hydrogen-bond acceptors (Lipinski definition) is 1. The summed E-state index contributed by atoms with van der Waals surface area (Å²) in [6.45, 7) is 4.29. The molecule has 0 heterocycles. The second-order valence-electron chi connectivity index (χ2n) is 5.54. The number of hydrogen-bond donors (Lipinski definition) is 1. The van der Waals surface area contributed by atoms with Crippen molar-refractivity contribution in [2.75, 3.05) is 0 Å². The molecule has 2 aromatic rings. The van der Waals surface area contributed by atoms with Crippen LogP contribution in [0.2, 0.25) is 5.02 Å². The van der Waals surface area contributed by atoms with E-state index in [1.165, 1.54) is 5.56 Å². The molecule has 1 N–H and O–H groups in total. The average molecular weight is 303 g/mol. The Morgan fingerprint density at radius 2 is 1.52 bits per heavy atom. The molecule has 1 atom stereocenters. The average Bonchev–Trinajstić information content (AvgIpc) is 2.52. The summed E-state index contributed by atoms with van der Waals surface area (Å²) < 4.78 is 0. The van der Waals surface area contributed by atoms with Crippen LogP contribution in [0.5, 0.6) is 0 Å². The van der Waals surface area contributed by atoms with E-state index in [2.05, 4.69) is 26.0 Å². The Balaban J connectivity index is 2.32. The molecule has 2 rings (SSSR count). The molecule has 2 heteroatoms. The Kier molecular flexibility index (Phi) is 5.44. The van der Waals surface area contributed by atoms with E-state index in [9.17, 15) is 5.11 Å². The van der Waals surface area contributed by atoms with E-state index in [0.29, 0.717) is 6.42 Å². The molecule has 0 aliphatic heterocycles. The maximum absolute atomic E-state index is 10.9. The Hall–Kier alpha value is -1.31. The molecule has 0 spiro atoms. The molecule has 0 bridgehead atoms. The molecule has 0 aromatic heterocycles. The van der Waals surface area contributed by atoms with Crippen LogP contribution in [0.4, 0.5) is 0 Å². The maximum Gasteiger partial charge on any atom is 0.0677 e. The summed E-state index contributed by atoms with van der Waals surface area (Å²) in [5, 5.41) is 11.7. The molecule has 0 radical (unpaired) electrons. The predicted octanol–water partition coefficient (Wildman–Crippen LogP) is 5.00. The first kappa shape index (κ1) is 16.1. The Bertz CT molecular complexity index is 561. The van der Waals surface area contributed by atoms with Crippen LogP contribution in [0.15, 0.2) is 54.6 Å². The SMILES string of the molecule is CCC(CC)(c1ccccc1)C(O)Cc1ccccc1Cl. The summed E-state index contributed by atoms with van der Waals surface area (Å²) in [4.78, 5) is 0. The lowest BCUT2D eigenvalue weighted by molar-refractivity contribution is 0.0734. The second kappa shape index (κ2) is 7.11. The van der Waals surface area contributed by atoms with E-state index in [4.69, 9.17) is 11.6 Å². The lowest BCUT2D eigenvalue weighted by Gasteiger charge is -2.37. The maximum atomic E-state index is 10.9.